The van der Waals surface area contributed by atoms with E-state index in [0.717, 1.165) is 5.56 Å². The van der Waals surface area contributed by atoms with Crippen LogP contribution in [0.15, 0.2) is 18.2 Å². The molecule has 0 atom stereocenters. The van der Waals surface area contributed by atoms with Crippen molar-refractivity contribution in [3.8, 4) is 0 Å². The first kappa shape index (κ1) is 11.5. The zero-order valence-electron chi connectivity index (χ0n) is 8.35. The van der Waals surface area contributed by atoms with Crippen LogP contribution < -0.4 is 0 Å². The number of aliphatic hydroxyl groups excluding tert-OH is 1. The van der Waals surface area contributed by atoms with E-state index >= 15 is 0 Å². The molecule has 78 valence electrons. The van der Waals surface area contributed by atoms with Gasteiger partial charge in [0.25, 0.3) is 0 Å². The summed E-state index contributed by atoms with van der Waals surface area (Å²) in [6.07, 6.45) is 0. The van der Waals surface area contributed by atoms with Crippen molar-refractivity contribution in [2.24, 2.45) is 0 Å². The topological polar surface area (TPSA) is 20.2 Å². The number of alkyl halides is 1. The van der Waals surface area contributed by atoms with E-state index in [1.807, 2.05) is 13.8 Å². The highest BCUT2D eigenvalue weighted by molar-refractivity contribution is 6.31. The Balaban J connectivity index is 3.27. The van der Waals surface area contributed by atoms with Crippen molar-refractivity contribution >= 4 is 11.6 Å². The van der Waals surface area contributed by atoms with Crippen LogP contribution in [0.3, 0.4) is 0 Å². The second-order valence-corrected chi connectivity index (χ2v) is 4.35. The summed E-state index contributed by atoms with van der Waals surface area (Å²) in [4.78, 5) is 0. The van der Waals surface area contributed by atoms with Gasteiger partial charge in [-0.3, -0.25) is 0 Å². The monoisotopic (exact) mass is 216 g/mol. The van der Waals surface area contributed by atoms with Gasteiger partial charge in [0, 0.05) is 16.0 Å². The minimum absolute atomic E-state index is 0.0274. The van der Waals surface area contributed by atoms with Gasteiger partial charge in [-0.25, -0.2) is 4.39 Å². The summed E-state index contributed by atoms with van der Waals surface area (Å²) in [7, 11) is 0. The zero-order chi connectivity index (χ0) is 10.8. The number of rotatable bonds is 3. The fourth-order valence-electron chi connectivity index (χ4n) is 1.41. The van der Waals surface area contributed by atoms with Gasteiger partial charge in [-0.15, -0.1) is 0 Å². The fraction of sp³-hybridized carbons (Fsp3) is 0.455. The molecule has 1 nitrogen and oxygen atoms in total. The Bertz CT molecular complexity index is 323. The Morgan fingerprint density at radius 1 is 1.43 bits per heavy atom. The Hall–Kier alpha value is -0.600. The molecule has 0 aliphatic heterocycles. The van der Waals surface area contributed by atoms with E-state index < -0.39 is 12.1 Å². The lowest BCUT2D eigenvalue weighted by molar-refractivity contribution is 0.217. The summed E-state index contributed by atoms with van der Waals surface area (Å²) in [5.74, 6) is 0. The third-order valence-electron chi connectivity index (χ3n) is 2.38. The summed E-state index contributed by atoms with van der Waals surface area (Å²) in [5, 5.41) is 9.62. The molecule has 0 radical (unpaired) electrons. The minimum atomic E-state index is -0.599. The van der Waals surface area contributed by atoms with E-state index in [-0.39, 0.29) is 6.61 Å². The largest absolute Gasteiger partial charge is 0.395 e. The van der Waals surface area contributed by atoms with Crippen LogP contribution in [0.1, 0.15) is 25.0 Å². The highest BCUT2D eigenvalue weighted by Gasteiger charge is 2.23. The molecular weight excluding hydrogens is 203 g/mol. The lowest BCUT2D eigenvalue weighted by Gasteiger charge is -2.25. The molecule has 1 aromatic carbocycles. The molecular formula is C11H14ClFO. The van der Waals surface area contributed by atoms with Gasteiger partial charge in [0.1, 0.15) is 6.67 Å². The average molecular weight is 217 g/mol. The van der Waals surface area contributed by atoms with Crippen LogP contribution in [0, 0.1) is 0 Å². The van der Waals surface area contributed by atoms with E-state index in [0.29, 0.717) is 10.6 Å². The second-order valence-electron chi connectivity index (χ2n) is 3.94. The van der Waals surface area contributed by atoms with Gasteiger partial charge < -0.3 is 5.11 Å². The molecule has 0 saturated carbocycles. The minimum Gasteiger partial charge on any atom is -0.395 e. The summed E-state index contributed by atoms with van der Waals surface area (Å²) in [5.41, 5.74) is 0.801. The van der Waals surface area contributed by atoms with Crippen molar-refractivity contribution in [3.63, 3.8) is 0 Å². The molecule has 0 amide bonds. The molecule has 1 N–H and O–H groups in total. The number of hydrogen-bond donors (Lipinski definition) is 1. The van der Waals surface area contributed by atoms with Gasteiger partial charge in [0.05, 0.1) is 6.61 Å². The van der Waals surface area contributed by atoms with Gasteiger partial charge in [-0.2, -0.15) is 0 Å². The van der Waals surface area contributed by atoms with Crippen molar-refractivity contribution in [1.82, 2.24) is 0 Å². The molecule has 0 aliphatic rings. The van der Waals surface area contributed by atoms with Gasteiger partial charge in [-0.1, -0.05) is 37.6 Å². The lowest BCUT2D eigenvalue weighted by atomic mass is 9.83. The summed E-state index contributed by atoms with van der Waals surface area (Å²) in [6, 6.07) is 5.23. The Kier molecular flexibility index (Phi) is 3.51. The highest BCUT2D eigenvalue weighted by Crippen LogP contribution is 2.30. The number of hydrogen-bond acceptors (Lipinski definition) is 1. The Labute approximate surface area is 88.5 Å². The van der Waals surface area contributed by atoms with Crippen LogP contribution in [0.2, 0.25) is 5.02 Å². The second kappa shape index (κ2) is 4.28. The standard InChI is InChI=1S/C11H14ClFO/c1-11(2,7-14)9-4-3-5-10(12)8(9)6-13/h3-5,14H,6-7H2,1-2H3. The maximum atomic E-state index is 12.7. The lowest BCUT2D eigenvalue weighted by Crippen LogP contribution is -2.23. The summed E-state index contributed by atoms with van der Waals surface area (Å²) >= 11 is 5.87. The van der Waals surface area contributed by atoms with Gasteiger partial charge in [0.15, 0.2) is 0 Å². The molecule has 0 bridgehead atoms. The molecule has 3 heteroatoms. The first-order valence-corrected chi connectivity index (χ1v) is 4.85. The molecule has 0 fully saturated rings. The smallest absolute Gasteiger partial charge is 0.116 e. The van der Waals surface area contributed by atoms with Crippen LogP contribution in [-0.2, 0) is 12.1 Å². The average Bonchev–Trinajstić information content (AvgIpc) is 2.17. The van der Waals surface area contributed by atoms with Gasteiger partial charge >= 0.3 is 0 Å². The van der Waals surface area contributed by atoms with Crippen molar-refractivity contribution in [2.45, 2.75) is 25.9 Å². The van der Waals surface area contributed by atoms with Crippen LogP contribution in [0.4, 0.5) is 4.39 Å². The molecule has 0 spiro atoms. The van der Waals surface area contributed by atoms with Crippen LogP contribution in [-0.4, -0.2) is 11.7 Å². The quantitative estimate of drug-likeness (QED) is 0.824. The maximum absolute atomic E-state index is 12.7. The van der Waals surface area contributed by atoms with Crippen molar-refractivity contribution in [2.75, 3.05) is 6.61 Å². The van der Waals surface area contributed by atoms with Crippen LogP contribution >= 0.6 is 11.6 Å². The Morgan fingerprint density at radius 2 is 2.07 bits per heavy atom. The van der Waals surface area contributed by atoms with E-state index in [1.54, 1.807) is 18.2 Å². The zero-order valence-corrected chi connectivity index (χ0v) is 9.11. The molecule has 0 saturated heterocycles. The molecule has 0 heterocycles. The molecule has 0 unspecified atom stereocenters. The number of benzene rings is 1. The third kappa shape index (κ3) is 2.07. The van der Waals surface area contributed by atoms with Crippen LogP contribution in [0.5, 0.6) is 0 Å². The maximum Gasteiger partial charge on any atom is 0.116 e. The van der Waals surface area contributed by atoms with E-state index in [1.165, 1.54) is 0 Å². The molecule has 0 aliphatic carbocycles. The van der Waals surface area contributed by atoms with Crippen LogP contribution in [0.25, 0.3) is 0 Å². The van der Waals surface area contributed by atoms with Crippen molar-refractivity contribution < 1.29 is 9.50 Å². The van der Waals surface area contributed by atoms with E-state index in [2.05, 4.69) is 0 Å². The van der Waals surface area contributed by atoms with Crippen molar-refractivity contribution in [1.29, 1.82) is 0 Å². The highest BCUT2D eigenvalue weighted by atomic mass is 35.5. The summed E-state index contributed by atoms with van der Waals surface area (Å²) < 4.78 is 12.7. The summed E-state index contributed by atoms with van der Waals surface area (Å²) in [6.45, 7) is 3.09. The number of halogens is 2. The normalized spacial score (nSPS) is 11.8. The fourth-order valence-corrected chi connectivity index (χ4v) is 1.64. The predicted molar refractivity (Wildman–Crippen MR) is 56.4 cm³/mol. The first-order chi connectivity index (χ1) is 6.53. The SMILES string of the molecule is CC(C)(CO)c1cccc(Cl)c1CF. The molecule has 14 heavy (non-hydrogen) atoms. The van der Waals surface area contributed by atoms with E-state index in [9.17, 15) is 9.50 Å². The molecule has 1 aromatic rings. The number of aliphatic hydroxyl groups is 1. The predicted octanol–water partition coefficient (Wildman–Crippen LogP) is 3.08. The van der Waals surface area contributed by atoms with Gasteiger partial charge in [-0.05, 0) is 11.6 Å². The van der Waals surface area contributed by atoms with E-state index in [4.69, 9.17) is 11.6 Å². The third-order valence-corrected chi connectivity index (χ3v) is 2.73. The van der Waals surface area contributed by atoms with Crippen molar-refractivity contribution in [3.05, 3.63) is 34.3 Å². The Morgan fingerprint density at radius 3 is 2.57 bits per heavy atom. The van der Waals surface area contributed by atoms with Gasteiger partial charge in [0.2, 0.25) is 0 Å². The first-order valence-electron chi connectivity index (χ1n) is 4.47. The molecule has 1 rings (SSSR count). The molecule has 0 aromatic heterocycles.